The number of carbonyl (C=O) groups excluding carboxylic acids is 1. The second kappa shape index (κ2) is 12.0. The lowest BCUT2D eigenvalue weighted by Gasteiger charge is -2.35. The summed E-state index contributed by atoms with van der Waals surface area (Å²) in [5, 5.41) is 4.90. The molecule has 0 aliphatic rings. The van der Waals surface area contributed by atoms with E-state index in [1.165, 1.54) is 0 Å². The summed E-state index contributed by atoms with van der Waals surface area (Å²) in [7, 11) is 0. The maximum Gasteiger partial charge on any atom is 0.225 e. The van der Waals surface area contributed by atoms with Gasteiger partial charge in [0.15, 0.2) is 0 Å². The van der Waals surface area contributed by atoms with E-state index in [-0.39, 0.29) is 12.3 Å². The summed E-state index contributed by atoms with van der Waals surface area (Å²) in [6, 6.07) is 39.6. The fourth-order valence-corrected chi connectivity index (χ4v) is 5.06. The Hall–Kier alpha value is -3.76. The largest absolute Gasteiger partial charge is 0.457 e. The van der Waals surface area contributed by atoms with Gasteiger partial charge in [-0.2, -0.15) is 0 Å². The first-order valence-electron chi connectivity index (χ1n) is 12.3. The molecule has 5 aromatic rings. The van der Waals surface area contributed by atoms with Crippen LogP contribution in [0.3, 0.4) is 0 Å². The number of hydrogen-bond acceptors (Lipinski definition) is 2. The quantitative estimate of drug-likeness (QED) is 0.188. The Morgan fingerprint density at radius 3 is 1.41 bits per heavy atom. The molecule has 3 nitrogen and oxygen atoms in total. The van der Waals surface area contributed by atoms with Gasteiger partial charge in [0.2, 0.25) is 5.91 Å². The first kappa shape index (κ1) is 26.8. The molecular weight excluding hydrogens is 549 g/mol. The van der Waals surface area contributed by atoms with Crippen molar-refractivity contribution >= 4 is 46.4 Å². The highest BCUT2D eigenvalue weighted by Crippen LogP contribution is 2.43. The highest BCUT2D eigenvalue weighted by atomic mass is 35.5. The Morgan fingerprint density at radius 1 is 0.564 bits per heavy atom. The van der Waals surface area contributed by atoms with Crippen LogP contribution >= 0.6 is 34.8 Å². The Bertz CT molecular complexity index is 1420. The highest BCUT2D eigenvalue weighted by molar-refractivity contribution is 6.31. The predicted octanol–water partition coefficient (Wildman–Crippen LogP) is 9.80. The average molecular weight is 573 g/mol. The van der Waals surface area contributed by atoms with Gasteiger partial charge in [-0.25, -0.2) is 0 Å². The molecule has 0 radical (unpaired) electrons. The van der Waals surface area contributed by atoms with Crippen molar-refractivity contribution in [2.24, 2.45) is 0 Å². The number of benzene rings is 5. The molecule has 39 heavy (non-hydrogen) atoms. The van der Waals surface area contributed by atoms with Crippen LogP contribution in [0.5, 0.6) is 11.5 Å². The van der Waals surface area contributed by atoms with Crippen LogP contribution in [0.25, 0.3) is 0 Å². The second-order valence-electron chi connectivity index (χ2n) is 9.09. The summed E-state index contributed by atoms with van der Waals surface area (Å²) >= 11 is 18.7. The first-order valence-corrected chi connectivity index (χ1v) is 13.5. The van der Waals surface area contributed by atoms with Gasteiger partial charge in [-0.1, -0.05) is 89.4 Å². The van der Waals surface area contributed by atoms with Crippen molar-refractivity contribution in [3.8, 4) is 11.5 Å². The SMILES string of the molecule is O=C(CC(c1ccc(Cl)cc1)(c1ccc(Cl)cc1)c1ccc(Cl)cc1)Nc1ccc(Oc2ccccc2)cc1. The predicted molar refractivity (Wildman–Crippen MR) is 160 cm³/mol. The number of carbonyl (C=O) groups is 1. The topological polar surface area (TPSA) is 38.3 Å². The molecule has 194 valence electrons. The molecule has 6 heteroatoms. The van der Waals surface area contributed by atoms with E-state index in [4.69, 9.17) is 39.5 Å². The molecule has 0 aromatic heterocycles. The molecule has 0 aliphatic heterocycles. The standard InChI is InChI=1S/C33H24Cl3NO2/c34-26-12-6-23(7-13-26)33(24-8-14-27(35)15-9-24,25-10-16-28(36)17-11-25)22-32(38)37-29-18-20-31(21-19-29)39-30-4-2-1-3-5-30/h1-21H,22H2,(H,37,38). The maximum atomic E-state index is 13.7. The first-order chi connectivity index (χ1) is 18.9. The van der Waals surface area contributed by atoms with Gasteiger partial charge in [-0.15, -0.1) is 0 Å². The van der Waals surface area contributed by atoms with Crippen molar-refractivity contribution in [3.63, 3.8) is 0 Å². The minimum Gasteiger partial charge on any atom is -0.457 e. The number of hydrogen-bond donors (Lipinski definition) is 1. The van der Waals surface area contributed by atoms with Gasteiger partial charge >= 0.3 is 0 Å². The molecule has 0 spiro atoms. The van der Waals surface area contributed by atoms with Gasteiger partial charge < -0.3 is 10.1 Å². The van der Waals surface area contributed by atoms with Gasteiger partial charge in [0.25, 0.3) is 0 Å². The van der Waals surface area contributed by atoms with Crippen LogP contribution in [0.15, 0.2) is 127 Å². The molecule has 1 amide bonds. The average Bonchev–Trinajstić information content (AvgIpc) is 2.95. The fourth-order valence-electron chi connectivity index (χ4n) is 4.69. The van der Waals surface area contributed by atoms with Gasteiger partial charge in [0.05, 0.1) is 5.41 Å². The third-order valence-electron chi connectivity index (χ3n) is 6.55. The van der Waals surface area contributed by atoms with Crippen LogP contribution in [0, 0.1) is 0 Å². The number of amides is 1. The van der Waals surface area contributed by atoms with Gasteiger partial charge in [-0.05, 0) is 89.5 Å². The van der Waals surface area contributed by atoms with E-state index >= 15 is 0 Å². The Balaban J connectivity index is 1.49. The Kier molecular flexibility index (Phi) is 8.23. The molecule has 0 atom stereocenters. The van der Waals surface area contributed by atoms with E-state index in [1.807, 2.05) is 127 Å². The van der Waals surface area contributed by atoms with E-state index in [0.717, 1.165) is 22.4 Å². The number of halogens is 3. The lowest BCUT2D eigenvalue weighted by molar-refractivity contribution is -0.116. The molecule has 0 aliphatic carbocycles. The fraction of sp³-hybridized carbons (Fsp3) is 0.0606. The third-order valence-corrected chi connectivity index (χ3v) is 7.31. The van der Waals surface area contributed by atoms with Crippen molar-refractivity contribution in [1.29, 1.82) is 0 Å². The lowest BCUT2D eigenvalue weighted by atomic mass is 9.67. The minimum atomic E-state index is -0.833. The third kappa shape index (κ3) is 6.29. The smallest absolute Gasteiger partial charge is 0.225 e. The van der Waals surface area contributed by atoms with Crippen LogP contribution in [0.1, 0.15) is 23.1 Å². The van der Waals surface area contributed by atoms with Crippen molar-refractivity contribution in [1.82, 2.24) is 0 Å². The van der Waals surface area contributed by atoms with Crippen molar-refractivity contribution < 1.29 is 9.53 Å². The zero-order chi connectivity index (χ0) is 27.2. The zero-order valence-corrected chi connectivity index (χ0v) is 23.0. The minimum absolute atomic E-state index is 0.125. The summed E-state index contributed by atoms with van der Waals surface area (Å²) in [6.07, 6.45) is 0.125. The van der Waals surface area contributed by atoms with Gasteiger partial charge in [-0.3, -0.25) is 4.79 Å². The molecule has 0 heterocycles. The van der Waals surface area contributed by atoms with E-state index < -0.39 is 5.41 Å². The normalized spacial score (nSPS) is 11.2. The molecule has 1 N–H and O–H groups in total. The van der Waals surface area contributed by atoms with Crippen molar-refractivity contribution in [2.45, 2.75) is 11.8 Å². The second-order valence-corrected chi connectivity index (χ2v) is 10.4. The molecule has 0 fully saturated rings. The molecule has 0 bridgehead atoms. The van der Waals surface area contributed by atoms with Crippen LogP contribution in [-0.2, 0) is 10.2 Å². The van der Waals surface area contributed by atoms with Gasteiger partial charge in [0.1, 0.15) is 11.5 Å². The number of nitrogens with one attached hydrogen (secondary N) is 1. The molecular formula is C33H24Cl3NO2. The summed E-state index contributed by atoms with van der Waals surface area (Å²) in [5.41, 5.74) is 2.58. The molecule has 0 saturated heterocycles. The van der Waals surface area contributed by atoms with Crippen molar-refractivity contribution in [3.05, 3.63) is 159 Å². The number of para-hydroxylation sites is 1. The van der Waals surface area contributed by atoms with E-state index in [1.54, 1.807) is 0 Å². The summed E-state index contributed by atoms with van der Waals surface area (Å²) < 4.78 is 5.88. The Labute approximate surface area is 242 Å². The van der Waals surface area contributed by atoms with Crippen molar-refractivity contribution in [2.75, 3.05) is 5.32 Å². The molecule has 5 rings (SSSR count). The van der Waals surface area contributed by atoms with Crippen LogP contribution < -0.4 is 10.1 Å². The zero-order valence-electron chi connectivity index (χ0n) is 20.8. The number of ether oxygens (including phenoxy) is 1. The number of rotatable bonds is 8. The van der Waals surface area contributed by atoms with E-state index in [2.05, 4.69) is 5.32 Å². The molecule has 0 saturated carbocycles. The van der Waals surface area contributed by atoms with E-state index in [0.29, 0.717) is 26.5 Å². The molecule has 5 aromatic carbocycles. The van der Waals surface area contributed by atoms with E-state index in [9.17, 15) is 4.79 Å². The van der Waals surface area contributed by atoms with Crippen LogP contribution in [0.4, 0.5) is 5.69 Å². The van der Waals surface area contributed by atoms with Gasteiger partial charge in [0, 0.05) is 27.2 Å². The summed E-state index contributed by atoms with van der Waals surface area (Å²) in [4.78, 5) is 13.7. The number of anilines is 1. The van der Waals surface area contributed by atoms with Crippen LogP contribution in [0.2, 0.25) is 15.1 Å². The summed E-state index contributed by atoms with van der Waals surface area (Å²) in [6.45, 7) is 0. The molecule has 0 unspecified atom stereocenters. The summed E-state index contributed by atoms with van der Waals surface area (Å²) in [5.74, 6) is 1.26. The van der Waals surface area contributed by atoms with Crippen LogP contribution in [-0.4, -0.2) is 5.91 Å². The monoisotopic (exact) mass is 571 g/mol. The highest BCUT2D eigenvalue weighted by Gasteiger charge is 2.38. The lowest BCUT2D eigenvalue weighted by Crippen LogP contribution is -2.34. The maximum absolute atomic E-state index is 13.7. The Morgan fingerprint density at radius 2 is 0.974 bits per heavy atom.